The fourth-order valence-electron chi connectivity index (χ4n) is 2.57. The highest BCUT2D eigenvalue weighted by Crippen LogP contribution is 2.21. The molecule has 0 radical (unpaired) electrons. The Hall–Kier alpha value is -1.69. The largest absolute Gasteiger partial charge is 0.394 e. The van der Waals surface area contributed by atoms with E-state index in [4.69, 9.17) is 0 Å². The Labute approximate surface area is 128 Å². The van der Waals surface area contributed by atoms with Crippen molar-refractivity contribution in [3.8, 4) is 0 Å². The standard InChI is InChI=1S/C16H19N3OS/c1-11-10-21-16-18-12(2)15(19(11)16)8-17-14(9-20)13-6-4-3-5-7-13/h3-7,10,14,17,20H,8-9H2,1-2H3. The molecule has 1 aromatic carbocycles. The van der Waals surface area contributed by atoms with Crippen LogP contribution in [-0.2, 0) is 6.54 Å². The summed E-state index contributed by atoms with van der Waals surface area (Å²) in [6.45, 7) is 4.89. The lowest BCUT2D eigenvalue weighted by atomic mass is 10.1. The van der Waals surface area contributed by atoms with Crippen LogP contribution in [0.15, 0.2) is 35.7 Å². The van der Waals surface area contributed by atoms with Crippen molar-refractivity contribution in [1.29, 1.82) is 0 Å². The molecule has 3 aromatic rings. The van der Waals surface area contributed by atoms with E-state index in [2.05, 4.69) is 27.0 Å². The second-order valence-electron chi connectivity index (χ2n) is 5.17. The average Bonchev–Trinajstić information content (AvgIpc) is 3.01. The number of hydrogen-bond donors (Lipinski definition) is 2. The van der Waals surface area contributed by atoms with Crippen molar-refractivity contribution in [3.63, 3.8) is 0 Å². The van der Waals surface area contributed by atoms with Crippen LogP contribution in [0.2, 0.25) is 0 Å². The van der Waals surface area contributed by atoms with Crippen LogP contribution in [0.25, 0.3) is 4.96 Å². The van der Waals surface area contributed by atoms with E-state index in [0.717, 1.165) is 21.9 Å². The van der Waals surface area contributed by atoms with Crippen molar-refractivity contribution >= 4 is 16.3 Å². The van der Waals surface area contributed by atoms with E-state index in [0.29, 0.717) is 6.54 Å². The predicted octanol–water partition coefficient (Wildman–Crippen LogP) is 2.84. The minimum absolute atomic E-state index is 0.0601. The first kappa shape index (κ1) is 14.3. The maximum atomic E-state index is 9.62. The summed E-state index contributed by atoms with van der Waals surface area (Å²) in [6.07, 6.45) is 0. The van der Waals surface area contributed by atoms with Crippen molar-refractivity contribution < 1.29 is 5.11 Å². The van der Waals surface area contributed by atoms with E-state index in [1.807, 2.05) is 37.3 Å². The van der Waals surface area contributed by atoms with Crippen molar-refractivity contribution in [2.75, 3.05) is 6.61 Å². The third-order valence-corrected chi connectivity index (χ3v) is 4.67. The van der Waals surface area contributed by atoms with Gasteiger partial charge in [-0.05, 0) is 19.4 Å². The molecular weight excluding hydrogens is 282 g/mol. The van der Waals surface area contributed by atoms with E-state index < -0.39 is 0 Å². The van der Waals surface area contributed by atoms with E-state index in [-0.39, 0.29) is 12.6 Å². The number of aliphatic hydroxyl groups is 1. The van der Waals surface area contributed by atoms with Gasteiger partial charge in [-0.2, -0.15) is 0 Å². The fourth-order valence-corrected chi connectivity index (χ4v) is 3.50. The van der Waals surface area contributed by atoms with Gasteiger partial charge in [0.2, 0.25) is 0 Å². The van der Waals surface area contributed by atoms with Crippen LogP contribution < -0.4 is 5.32 Å². The molecule has 1 unspecified atom stereocenters. The zero-order valence-corrected chi connectivity index (χ0v) is 13.0. The van der Waals surface area contributed by atoms with Crippen LogP contribution >= 0.6 is 11.3 Å². The number of thiazole rings is 1. The zero-order valence-electron chi connectivity index (χ0n) is 12.2. The van der Waals surface area contributed by atoms with Gasteiger partial charge in [0.05, 0.1) is 24.0 Å². The van der Waals surface area contributed by atoms with Gasteiger partial charge in [0.1, 0.15) is 0 Å². The molecule has 4 nitrogen and oxygen atoms in total. The summed E-state index contributed by atoms with van der Waals surface area (Å²) < 4.78 is 2.19. The number of aromatic nitrogens is 2. The lowest BCUT2D eigenvalue weighted by molar-refractivity contribution is 0.243. The number of rotatable bonds is 5. The highest BCUT2D eigenvalue weighted by molar-refractivity contribution is 7.15. The molecule has 0 aliphatic rings. The number of hydrogen-bond acceptors (Lipinski definition) is 4. The van der Waals surface area contributed by atoms with Gasteiger partial charge in [0.25, 0.3) is 0 Å². The van der Waals surface area contributed by atoms with Crippen LogP contribution in [0.4, 0.5) is 0 Å². The van der Waals surface area contributed by atoms with E-state index in [1.54, 1.807) is 11.3 Å². The molecule has 0 amide bonds. The first-order chi connectivity index (χ1) is 10.2. The van der Waals surface area contributed by atoms with Crippen LogP contribution in [0.1, 0.15) is 28.7 Å². The van der Waals surface area contributed by atoms with Crippen LogP contribution in [0.3, 0.4) is 0 Å². The summed E-state index contributed by atoms with van der Waals surface area (Å²) in [4.78, 5) is 5.62. The van der Waals surface area contributed by atoms with Gasteiger partial charge in [-0.1, -0.05) is 30.3 Å². The summed E-state index contributed by atoms with van der Waals surface area (Å²) in [5.74, 6) is 0. The molecule has 1 atom stereocenters. The number of aryl methyl sites for hydroxylation is 2. The summed E-state index contributed by atoms with van der Waals surface area (Å²) >= 11 is 1.66. The maximum Gasteiger partial charge on any atom is 0.194 e. The summed E-state index contributed by atoms with van der Waals surface area (Å²) in [5, 5.41) is 15.2. The topological polar surface area (TPSA) is 49.6 Å². The van der Waals surface area contributed by atoms with Gasteiger partial charge in [-0.15, -0.1) is 11.3 Å². The highest BCUT2D eigenvalue weighted by atomic mass is 32.1. The molecule has 2 N–H and O–H groups in total. The minimum atomic E-state index is -0.0601. The quantitative estimate of drug-likeness (QED) is 0.762. The molecular formula is C16H19N3OS. The lowest BCUT2D eigenvalue weighted by Crippen LogP contribution is -2.25. The van der Waals surface area contributed by atoms with Crippen LogP contribution in [0, 0.1) is 13.8 Å². The predicted molar refractivity (Wildman–Crippen MR) is 85.7 cm³/mol. The van der Waals surface area contributed by atoms with Gasteiger partial charge in [0.15, 0.2) is 4.96 Å². The minimum Gasteiger partial charge on any atom is -0.394 e. The van der Waals surface area contributed by atoms with E-state index in [9.17, 15) is 5.11 Å². The van der Waals surface area contributed by atoms with Crippen molar-refractivity contribution in [1.82, 2.24) is 14.7 Å². The molecule has 2 aromatic heterocycles. The Balaban J connectivity index is 1.82. The van der Waals surface area contributed by atoms with Gasteiger partial charge in [-0.25, -0.2) is 4.98 Å². The molecule has 21 heavy (non-hydrogen) atoms. The number of benzene rings is 1. The SMILES string of the molecule is Cc1nc2scc(C)n2c1CNC(CO)c1ccccc1. The molecule has 0 fully saturated rings. The highest BCUT2D eigenvalue weighted by Gasteiger charge is 2.15. The van der Waals surface area contributed by atoms with Crippen molar-refractivity contribution in [2.45, 2.75) is 26.4 Å². The number of nitrogens with zero attached hydrogens (tertiary/aromatic N) is 2. The van der Waals surface area contributed by atoms with Crippen LogP contribution in [-0.4, -0.2) is 21.1 Å². The summed E-state index contributed by atoms with van der Waals surface area (Å²) in [5.41, 5.74) is 4.51. The van der Waals surface area contributed by atoms with Gasteiger partial charge < -0.3 is 10.4 Å². The number of nitrogens with one attached hydrogen (secondary N) is 1. The number of fused-ring (bicyclic) bond motifs is 1. The Morgan fingerprint density at radius 3 is 2.76 bits per heavy atom. The monoisotopic (exact) mass is 301 g/mol. The Bertz CT molecular complexity index is 733. The molecule has 0 saturated carbocycles. The molecule has 0 aliphatic heterocycles. The van der Waals surface area contributed by atoms with Gasteiger partial charge in [0, 0.05) is 17.6 Å². The fraction of sp³-hybridized carbons (Fsp3) is 0.312. The normalized spacial score (nSPS) is 12.9. The molecule has 3 rings (SSSR count). The van der Waals surface area contributed by atoms with E-state index in [1.165, 1.54) is 5.69 Å². The molecule has 0 saturated heterocycles. The number of imidazole rings is 1. The molecule has 0 spiro atoms. The Morgan fingerprint density at radius 1 is 1.29 bits per heavy atom. The van der Waals surface area contributed by atoms with Crippen LogP contribution in [0.5, 0.6) is 0 Å². The van der Waals surface area contributed by atoms with Crippen molar-refractivity contribution in [2.24, 2.45) is 0 Å². The van der Waals surface area contributed by atoms with Crippen molar-refractivity contribution in [3.05, 3.63) is 58.4 Å². The first-order valence-electron chi connectivity index (χ1n) is 7.02. The molecule has 2 heterocycles. The molecule has 0 aliphatic carbocycles. The molecule has 0 bridgehead atoms. The third kappa shape index (κ3) is 2.72. The molecule has 5 heteroatoms. The van der Waals surface area contributed by atoms with E-state index >= 15 is 0 Å². The summed E-state index contributed by atoms with van der Waals surface area (Å²) in [6, 6.07) is 9.97. The Kier molecular flexibility index (Phi) is 4.05. The smallest absolute Gasteiger partial charge is 0.194 e. The lowest BCUT2D eigenvalue weighted by Gasteiger charge is -2.17. The second kappa shape index (κ2) is 5.97. The second-order valence-corrected chi connectivity index (χ2v) is 6.00. The first-order valence-corrected chi connectivity index (χ1v) is 7.90. The Morgan fingerprint density at radius 2 is 2.05 bits per heavy atom. The average molecular weight is 301 g/mol. The number of aliphatic hydroxyl groups excluding tert-OH is 1. The van der Waals surface area contributed by atoms with Gasteiger partial charge >= 0.3 is 0 Å². The third-order valence-electron chi connectivity index (χ3n) is 3.73. The summed E-state index contributed by atoms with van der Waals surface area (Å²) in [7, 11) is 0. The zero-order chi connectivity index (χ0) is 14.8. The van der Waals surface area contributed by atoms with Gasteiger partial charge in [-0.3, -0.25) is 4.40 Å². The molecule has 110 valence electrons. The maximum absolute atomic E-state index is 9.62.